The monoisotopic (exact) mass is 217 g/mol. The zero-order chi connectivity index (χ0) is 10.6. The van der Waals surface area contributed by atoms with Gasteiger partial charge in [-0.1, -0.05) is 11.6 Å². The molecule has 0 aromatic carbocycles. The minimum Gasteiger partial charge on any atom is -0.497 e. The Bertz CT molecular complexity index is 288. The molecule has 1 N–H and O–H groups in total. The van der Waals surface area contributed by atoms with E-state index in [0.717, 1.165) is 0 Å². The van der Waals surface area contributed by atoms with Gasteiger partial charge in [0.1, 0.15) is 5.76 Å². The third-order valence-corrected chi connectivity index (χ3v) is 2.58. The fourth-order valence-electron chi connectivity index (χ4n) is 1.21. The van der Waals surface area contributed by atoms with E-state index in [0.29, 0.717) is 5.76 Å². The van der Waals surface area contributed by atoms with Gasteiger partial charge in [0.05, 0.1) is 19.2 Å². The Kier molecular flexibility index (Phi) is 3.55. The van der Waals surface area contributed by atoms with Crippen LogP contribution in [0.25, 0.3) is 0 Å². The standard InChI is InChI=1S/C9H12ClNO3/c1-13-8-3-4-9(10,14-2)7(5-8)6-11-12/h3-7,12H,1-2H3. The maximum atomic E-state index is 8.47. The van der Waals surface area contributed by atoms with Gasteiger partial charge in [-0.3, -0.25) is 0 Å². The molecule has 0 fully saturated rings. The van der Waals surface area contributed by atoms with Gasteiger partial charge < -0.3 is 14.7 Å². The van der Waals surface area contributed by atoms with E-state index in [2.05, 4.69) is 5.16 Å². The molecule has 5 heteroatoms. The first-order valence-corrected chi connectivity index (χ1v) is 4.40. The number of methoxy groups -OCH3 is 2. The molecule has 14 heavy (non-hydrogen) atoms. The van der Waals surface area contributed by atoms with Crippen LogP contribution < -0.4 is 0 Å². The summed E-state index contributed by atoms with van der Waals surface area (Å²) in [6.45, 7) is 0. The molecule has 0 saturated carbocycles. The highest BCUT2D eigenvalue weighted by Crippen LogP contribution is 2.33. The van der Waals surface area contributed by atoms with Crippen molar-refractivity contribution in [3.8, 4) is 0 Å². The van der Waals surface area contributed by atoms with Crippen molar-refractivity contribution in [1.29, 1.82) is 0 Å². The Hall–Kier alpha value is -1.00. The summed E-state index contributed by atoms with van der Waals surface area (Å²) in [6, 6.07) is 0. The SMILES string of the molecule is COC1=CC(C=NO)C(Cl)(OC)C=C1. The first kappa shape index (κ1) is 11.1. The highest BCUT2D eigenvalue weighted by Gasteiger charge is 2.35. The van der Waals surface area contributed by atoms with Crippen LogP contribution in [0, 0.1) is 5.92 Å². The Morgan fingerprint density at radius 1 is 1.64 bits per heavy atom. The van der Waals surface area contributed by atoms with Crippen molar-refractivity contribution >= 4 is 17.8 Å². The zero-order valence-corrected chi connectivity index (χ0v) is 8.73. The summed E-state index contributed by atoms with van der Waals surface area (Å²) in [4.78, 5) is 0. The third kappa shape index (κ3) is 2.08. The van der Waals surface area contributed by atoms with E-state index < -0.39 is 5.06 Å². The summed E-state index contributed by atoms with van der Waals surface area (Å²) in [5.41, 5.74) is 0. The molecule has 2 atom stereocenters. The molecule has 1 rings (SSSR count). The van der Waals surface area contributed by atoms with Crippen molar-refractivity contribution < 1.29 is 14.7 Å². The molecular formula is C9H12ClNO3. The normalized spacial score (nSPS) is 31.9. The summed E-state index contributed by atoms with van der Waals surface area (Å²) in [6.07, 6.45) is 6.37. The van der Waals surface area contributed by atoms with E-state index in [4.69, 9.17) is 26.3 Å². The van der Waals surface area contributed by atoms with E-state index >= 15 is 0 Å². The van der Waals surface area contributed by atoms with Crippen LogP contribution in [0.15, 0.2) is 29.1 Å². The van der Waals surface area contributed by atoms with Crippen LogP contribution in [-0.4, -0.2) is 30.7 Å². The van der Waals surface area contributed by atoms with E-state index in [-0.39, 0.29) is 5.92 Å². The van der Waals surface area contributed by atoms with Crippen molar-refractivity contribution in [3.63, 3.8) is 0 Å². The third-order valence-electron chi connectivity index (χ3n) is 2.05. The van der Waals surface area contributed by atoms with Gasteiger partial charge in [-0.05, 0) is 18.2 Å². The van der Waals surface area contributed by atoms with Crippen molar-refractivity contribution in [1.82, 2.24) is 0 Å². The van der Waals surface area contributed by atoms with Crippen LogP contribution in [0.4, 0.5) is 0 Å². The number of ether oxygens (including phenoxy) is 2. The van der Waals surface area contributed by atoms with Crippen molar-refractivity contribution in [2.45, 2.75) is 5.06 Å². The summed E-state index contributed by atoms with van der Waals surface area (Å²) < 4.78 is 10.1. The quantitative estimate of drug-likeness (QED) is 0.339. The van der Waals surface area contributed by atoms with Gasteiger partial charge >= 0.3 is 0 Å². The molecule has 78 valence electrons. The number of oxime groups is 1. The van der Waals surface area contributed by atoms with Crippen molar-refractivity contribution in [2.24, 2.45) is 11.1 Å². The summed E-state index contributed by atoms with van der Waals surface area (Å²) in [5, 5.41) is 10.4. The van der Waals surface area contributed by atoms with Crippen LogP contribution in [0.1, 0.15) is 0 Å². The Morgan fingerprint density at radius 2 is 2.36 bits per heavy atom. The molecule has 0 spiro atoms. The lowest BCUT2D eigenvalue weighted by Gasteiger charge is -2.29. The van der Waals surface area contributed by atoms with Gasteiger partial charge in [-0.15, -0.1) is 5.16 Å². The highest BCUT2D eigenvalue weighted by atomic mass is 35.5. The van der Waals surface area contributed by atoms with Crippen LogP contribution >= 0.6 is 11.6 Å². The molecule has 0 aliphatic heterocycles. The Labute approximate surface area is 87.4 Å². The lowest BCUT2D eigenvalue weighted by atomic mass is 9.97. The van der Waals surface area contributed by atoms with Gasteiger partial charge in [0.15, 0.2) is 5.06 Å². The molecule has 0 saturated heterocycles. The van der Waals surface area contributed by atoms with Gasteiger partial charge in [-0.25, -0.2) is 0 Å². The average molecular weight is 218 g/mol. The largest absolute Gasteiger partial charge is 0.497 e. The number of allylic oxidation sites excluding steroid dienone is 1. The van der Waals surface area contributed by atoms with E-state index in [1.54, 1.807) is 25.3 Å². The molecule has 4 nitrogen and oxygen atoms in total. The van der Waals surface area contributed by atoms with Crippen LogP contribution in [0.3, 0.4) is 0 Å². The number of hydrogen-bond donors (Lipinski definition) is 1. The lowest BCUT2D eigenvalue weighted by Crippen LogP contribution is -2.34. The second-order valence-corrected chi connectivity index (χ2v) is 3.39. The number of nitrogens with zero attached hydrogens (tertiary/aromatic N) is 1. The Balaban J connectivity index is 2.94. The molecule has 0 radical (unpaired) electrons. The summed E-state index contributed by atoms with van der Waals surface area (Å²) in [7, 11) is 3.04. The predicted octanol–water partition coefficient (Wildman–Crippen LogP) is 1.74. The first-order valence-electron chi connectivity index (χ1n) is 4.03. The molecular weight excluding hydrogens is 206 g/mol. The second kappa shape index (κ2) is 4.48. The minimum absolute atomic E-state index is 0.362. The second-order valence-electron chi connectivity index (χ2n) is 2.80. The van der Waals surface area contributed by atoms with E-state index in [1.165, 1.54) is 13.3 Å². The molecule has 0 heterocycles. The predicted molar refractivity (Wildman–Crippen MR) is 53.6 cm³/mol. The van der Waals surface area contributed by atoms with E-state index in [9.17, 15) is 0 Å². The van der Waals surface area contributed by atoms with Crippen molar-refractivity contribution in [3.05, 3.63) is 24.0 Å². The maximum absolute atomic E-state index is 8.47. The molecule has 2 unspecified atom stereocenters. The smallest absolute Gasteiger partial charge is 0.171 e. The van der Waals surface area contributed by atoms with E-state index in [1.807, 2.05) is 0 Å². The average Bonchev–Trinajstić information content (AvgIpc) is 2.22. The number of alkyl halides is 1. The molecule has 0 bridgehead atoms. The molecule has 0 aromatic rings. The number of hydrogen-bond acceptors (Lipinski definition) is 4. The molecule has 1 aliphatic carbocycles. The lowest BCUT2D eigenvalue weighted by molar-refractivity contribution is 0.0856. The van der Waals surface area contributed by atoms with Gasteiger partial charge in [0, 0.05) is 7.11 Å². The maximum Gasteiger partial charge on any atom is 0.171 e. The van der Waals surface area contributed by atoms with Gasteiger partial charge in [-0.2, -0.15) is 0 Å². The number of rotatable bonds is 3. The topological polar surface area (TPSA) is 51.0 Å². The molecule has 0 amide bonds. The first-order chi connectivity index (χ1) is 6.66. The van der Waals surface area contributed by atoms with Crippen LogP contribution in [0.5, 0.6) is 0 Å². The molecule has 0 aromatic heterocycles. The van der Waals surface area contributed by atoms with Crippen LogP contribution in [0.2, 0.25) is 0 Å². The Morgan fingerprint density at radius 3 is 2.86 bits per heavy atom. The van der Waals surface area contributed by atoms with Gasteiger partial charge in [0.2, 0.25) is 0 Å². The van der Waals surface area contributed by atoms with Crippen LogP contribution in [-0.2, 0) is 9.47 Å². The number of halogens is 1. The van der Waals surface area contributed by atoms with Crippen molar-refractivity contribution in [2.75, 3.05) is 14.2 Å². The highest BCUT2D eigenvalue weighted by molar-refractivity contribution is 6.25. The fourth-order valence-corrected chi connectivity index (χ4v) is 1.39. The zero-order valence-electron chi connectivity index (χ0n) is 7.98. The summed E-state index contributed by atoms with van der Waals surface area (Å²) in [5.74, 6) is 0.294. The minimum atomic E-state index is -1.01. The summed E-state index contributed by atoms with van der Waals surface area (Å²) >= 11 is 6.12. The van der Waals surface area contributed by atoms with Gasteiger partial charge in [0.25, 0.3) is 0 Å². The fraction of sp³-hybridized carbons (Fsp3) is 0.444. The molecule has 1 aliphatic rings.